The zero-order valence-electron chi connectivity index (χ0n) is 13.0. The molecule has 2 aromatic rings. The van der Waals surface area contributed by atoms with Crippen LogP contribution in [0.1, 0.15) is 19.7 Å². The molecule has 0 spiro atoms. The molecule has 6 nitrogen and oxygen atoms in total. The first-order valence-corrected chi connectivity index (χ1v) is 7.70. The lowest BCUT2D eigenvalue weighted by atomic mass is 10.2. The van der Waals surface area contributed by atoms with Crippen LogP contribution in [0.4, 0.5) is 5.69 Å². The Bertz CT molecular complexity index is 662. The summed E-state index contributed by atoms with van der Waals surface area (Å²) >= 11 is 0. The number of benzene rings is 1. The molecule has 22 heavy (non-hydrogen) atoms. The van der Waals surface area contributed by atoms with Gasteiger partial charge in [-0.25, -0.2) is 4.98 Å². The third-order valence-electron chi connectivity index (χ3n) is 3.81. The smallest absolute Gasteiger partial charge is 0.244 e. The molecule has 1 aliphatic heterocycles. The predicted octanol–water partition coefficient (Wildman–Crippen LogP) is 2.05. The Morgan fingerprint density at radius 2 is 2.18 bits per heavy atom. The van der Waals surface area contributed by atoms with Gasteiger partial charge in [-0.3, -0.25) is 4.79 Å². The highest BCUT2D eigenvalue weighted by molar-refractivity contribution is 5.85. The molecule has 0 bridgehead atoms. The Hall–Kier alpha value is -2.08. The summed E-state index contributed by atoms with van der Waals surface area (Å²) in [5.41, 5.74) is 2.46. The lowest BCUT2D eigenvalue weighted by Gasteiger charge is -2.29. The molecule has 0 saturated carbocycles. The number of ether oxygens (including phenoxy) is 1. The van der Waals surface area contributed by atoms with E-state index in [1.807, 2.05) is 36.9 Å². The van der Waals surface area contributed by atoms with E-state index in [1.54, 1.807) is 0 Å². The molecule has 0 aliphatic carbocycles. The van der Waals surface area contributed by atoms with E-state index in [0.717, 1.165) is 29.1 Å². The van der Waals surface area contributed by atoms with Gasteiger partial charge in [0, 0.05) is 25.2 Å². The van der Waals surface area contributed by atoms with Gasteiger partial charge >= 0.3 is 0 Å². The molecule has 1 fully saturated rings. The summed E-state index contributed by atoms with van der Waals surface area (Å²) in [5, 5.41) is 3.24. The van der Waals surface area contributed by atoms with Crippen LogP contribution in [0, 0.1) is 0 Å². The first-order chi connectivity index (χ1) is 10.7. The van der Waals surface area contributed by atoms with Crippen molar-refractivity contribution in [2.75, 3.05) is 31.6 Å². The molecule has 1 aromatic heterocycles. The van der Waals surface area contributed by atoms with Crippen LogP contribution in [0.5, 0.6) is 0 Å². The second-order valence-electron chi connectivity index (χ2n) is 5.45. The molecule has 3 rings (SSSR count). The van der Waals surface area contributed by atoms with Crippen LogP contribution >= 0.6 is 0 Å². The van der Waals surface area contributed by atoms with Crippen LogP contribution in [0.25, 0.3) is 11.1 Å². The fourth-order valence-corrected chi connectivity index (χ4v) is 2.59. The number of carbonyl (C=O) groups excluding carboxylic acids is 1. The summed E-state index contributed by atoms with van der Waals surface area (Å²) in [6.07, 6.45) is 0.767. The molecule has 1 aliphatic rings. The summed E-state index contributed by atoms with van der Waals surface area (Å²) < 4.78 is 10.9. The van der Waals surface area contributed by atoms with E-state index in [1.165, 1.54) is 0 Å². The van der Waals surface area contributed by atoms with Crippen molar-refractivity contribution in [2.24, 2.45) is 0 Å². The molecular formula is C16H21N3O3. The number of aryl methyl sites for hydroxylation is 1. The maximum absolute atomic E-state index is 12.4. The lowest BCUT2D eigenvalue weighted by Crippen LogP contribution is -2.46. The van der Waals surface area contributed by atoms with E-state index in [9.17, 15) is 4.79 Å². The summed E-state index contributed by atoms with van der Waals surface area (Å²) in [6, 6.07) is 5.43. The Morgan fingerprint density at radius 3 is 2.91 bits per heavy atom. The van der Waals surface area contributed by atoms with Crippen molar-refractivity contribution >= 4 is 22.7 Å². The van der Waals surface area contributed by atoms with Crippen molar-refractivity contribution in [3.05, 3.63) is 24.1 Å². The molecule has 2 heterocycles. The third kappa shape index (κ3) is 3.06. The first kappa shape index (κ1) is 14.8. The van der Waals surface area contributed by atoms with Crippen LogP contribution in [0.3, 0.4) is 0 Å². The highest BCUT2D eigenvalue weighted by Gasteiger charge is 2.22. The minimum Gasteiger partial charge on any atom is -0.441 e. The van der Waals surface area contributed by atoms with Crippen molar-refractivity contribution in [1.82, 2.24) is 9.88 Å². The average Bonchev–Trinajstić information content (AvgIpc) is 2.97. The molecular weight excluding hydrogens is 282 g/mol. The number of aromatic nitrogens is 1. The zero-order chi connectivity index (χ0) is 15.5. The van der Waals surface area contributed by atoms with E-state index in [4.69, 9.17) is 9.15 Å². The quantitative estimate of drug-likeness (QED) is 0.936. The number of nitrogens with zero attached hydrogens (tertiary/aromatic N) is 2. The summed E-state index contributed by atoms with van der Waals surface area (Å²) in [7, 11) is 0. The number of hydrogen-bond donors (Lipinski definition) is 1. The van der Waals surface area contributed by atoms with Crippen LogP contribution in [-0.2, 0) is 16.0 Å². The topological polar surface area (TPSA) is 67.6 Å². The number of morpholine rings is 1. The molecule has 0 radical (unpaired) electrons. The van der Waals surface area contributed by atoms with Gasteiger partial charge in [0.2, 0.25) is 5.91 Å². The number of rotatable bonds is 4. The van der Waals surface area contributed by atoms with E-state index in [-0.39, 0.29) is 11.9 Å². The Kier molecular flexibility index (Phi) is 4.29. The monoisotopic (exact) mass is 303 g/mol. The number of carbonyl (C=O) groups is 1. The van der Waals surface area contributed by atoms with Crippen molar-refractivity contribution in [2.45, 2.75) is 26.3 Å². The molecule has 1 N–H and O–H groups in total. The van der Waals surface area contributed by atoms with Gasteiger partial charge in [-0.1, -0.05) is 6.92 Å². The maximum Gasteiger partial charge on any atom is 0.244 e. The zero-order valence-corrected chi connectivity index (χ0v) is 13.0. The normalized spacial score (nSPS) is 16.7. The minimum absolute atomic E-state index is 0.0952. The highest BCUT2D eigenvalue weighted by Crippen LogP contribution is 2.21. The van der Waals surface area contributed by atoms with Gasteiger partial charge in [-0.05, 0) is 25.1 Å². The molecule has 6 heteroatoms. The van der Waals surface area contributed by atoms with Crippen LogP contribution in [0.2, 0.25) is 0 Å². The van der Waals surface area contributed by atoms with Crippen molar-refractivity contribution < 1.29 is 13.9 Å². The SMILES string of the molecule is CCc1nc2cc(N[C@H](C)C(=O)N3CCOCC3)ccc2o1. The van der Waals surface area contributed by atoms with Gasteiger partial charge in [0.15, 0.2) is 11.5 Å². The molecule has 118 valence electrons. The van der Waals surface area contributed by atoms with Crippen molar-refractivity contribution in [3.8, 4) is 0 Å². The third-order valence-corrected chi connectivity index (χ3v) is 3.81. The maximum atomic E-state index is 12.4. The minimum atomic E-state index is -0.284. The highest BCUT2D eigenvalue weighted by atomic mass is 16.5. The lowest BCUT2D eigenvalue weighted by molar-refractivity contribution is -0.135. The Balaban J connectivity index is 1.70. The Labute approximate surface area is 129 Å². The largest absolute Gasteiger partial charge is 0.441 e. The van der Waals surface area contributed by atoms with Gasteiger partial charge in [-0.15, -0.1) is 0 Å². The van der Waals surface area contributed by atoms with E-state index < -0.39 is 0 Å². The van der Waals surface area contributed by atoms with Gasteiger partial charge in [-0.2, -0.15) is 0 Å². The first-order valence-electron chi connectivity index (χ1n) is 7.70. The van der Waals surface area contributed by atoms with E-state index in [0.29, 0.717) is 26.3 Å². The number of anilines is 1. The van der Waals surface area contributed by atoms with Crippen molar-refractivity contribution in [1.29, 1.82) is 0 Å². The summed E-state index contributed by atoms with van der Waals surface area (Å²) in [5.74, 6) is 0.822. The van der Waals surface area contributed by atoms with Gasteiger partial charge in [0.25, 0.3) is 0 Å². The summed E-state index contributed by atoms with van der Waals surface area (Å²) in [4.78, 5) is 18.6. The second kappa shape index (κ2) is 6.36. The van der Waals surface area contributed by atoms with Crippen LogP contribution in [-0.4, -0.2) is 48.1 Å². The molecule has 1 aromatic carbocycles. The molecule has 1 atom stereocenters. The van der Waals surface area contributed by atoms with Gasteiger partial charge in [0.05, 0.1) is 13.2 Å². The number of amides is 1. The number of oxazole rings is 1. The molecule has 1 saturated heterocycles. The average molecular weight is 303 g/mol. The van der Waals surface area contributed by atoms with E-state index in [2.05, 4.69) is 10.3 Å². The number of nitrogens with one attached hydrogen (secondary N) is 1. The van der Waals surface area contributed by atoms with Crippen LogP contribution in [0.15, 0.2) is 22.6 Å². The van der Waals surface area contributed by atoms with Crippen molar-refractivity contribution in [3.63, 3.8) is 0 Å². The standard InChI is InChI=1S/C16H21N3O3/c1-3-15-18-13-10-12(4-5-14(13)22-15)17-11(2)16(20)19-6-8-21-9-7-19/h4-5,10-11,17H,3,6-9H2,1-2H3/t11-/m1/s1. The van der Waals surface area contributed by atoms with E-state index >= 15 is 0 Å². The fourth-order valence-electron chi connectivity index (χ4n) is 2.59. The summed E-state index contributed by atoms with van der Waals surface area (Å²) in [6.45, 7) is 6.43. The van der Waals surface area contributed by atoms with Crippen LogP contribution < -0.4 is 5.32 Å². The number of hydrogen-bond acceptors (Lipinski definition) is 5. The molecule has 1 amide bonds. The number of fused-ring (bicyclic) bond motifs is 1. The second-order valence-corrected chi connectivity index (χ2v) is 5.45. The fraction of sp³-hybridized carbons (Fsp3) is 0.500. The Morgan fingerprint density at radius 1 is 1.41 bits per heavy atom. The van der Waals surface area contributed by atoms with Gasteiger partial charge in [0.1, 0.15) is 11.6 Å². The predicted molar refractivity (Wildman–Crippen MR) is 83.9 cm³/mol. The van der Waals surface area contributed by atoms with Gasteiger partial charge < -0.3 is 19.4 Å². The molecule has 0 unspecified atom stereocenters.